The van der Waals surface area contributed by atoms with Gasteiger partial charge in [0.15, 0.2) is 0 Å². The molecule has 0 bridgehead atoms. The third-order valence-corrected chi connectivity index (χ3v) is 3.77. The molecule has 1 heterocycles. The van der Waals surface area contributed by atoms with Crippen molar-refractivity contribution >= 4 is 5.57 Å². The van der Waals surface area contributed by atoms with E-state index in [1.54, 1.807) is 0 Å². The molecule has 0 radical (unpaired) electrons. The Morgan fingerprint density at radius 2 is 2.00 bits per heavy atom. The molecule has 0 amide bonds. The minimum atomic E-state index is 1.13. The second-order valence-corrected chi connectivity index (χ2v) is 5.02. The van der Waals surface area contributed by atoms with Crippen molar-refractivity contribution in [2.24, 2.45) is 0 Å². The van der Waals surface area contributed by atoms with Crippen LogP contribution in [0.5, 0.6) is 0 Å². The number of fused-ring (bicyclic) bond motifs is 1. The number of hydrogen-bond donors (Lipinski definition) is 0. The molecule has 0 spiro atoms. The fraction of sp³-hybridized carbons (Fsp3) is 0.235. The van der Waals surface area contributed by atoms with Gasteiger partial charge in [-0.15, -0.1) is 0 Å². The molecule has 1 aliphatic rings. The summed E-state index contributed by atoms with van der Waals surface area (Å²) in [5.74, 6) is 0. The zero-order valence-corrected chi connectivity index (χ0v) is 10.7. The number of pyridine rings is 1. The Hall–Kier alpha value is -1.89. The lowest BCUT2D eigenvalue weighted by Crippen LogP contribution is -2.01. The Kier molecular flexibility index (Phi) is 2.75. The Labute approximate surface area is 108 Å². The molecular formula is C17H17N. The van der Waals surface area contributed by atoms with E-state index in [4.69, 9.17) is 0 Å². The van der Waals surface area contributed by atoms with E-state index in [1.165, 1.54) is 46.2 Å². The van der Waals surface area contributed by atoms with Crippen LogP contribution in [0.25, 0.3) is 16.7 Å². The van der Waals surface area contributed by atoms with Gasteiger partial charge in [-0.05, 0) is 66.1 Å². The lowest BCUT2D eigenvalue weighted by Gasteiger charge is -2.19. The molecule has 1 aromatic heterocycles. The van der Waals surface area contributed by atoms with Gasteiger partial charge in [0.2, 0.25) is 0 Å². The van der Waals surface area contributed by atoms with Crippen molar-refractivity contribution in [1.82, 2.24) is 4.98 Å². The van der Waals surface area contributed by atoms with Crippen LogP contribution >= 0.6 is 0 Å². The van der Waals surface area contributed by atoms with Gasteiger partial charge in [0.1, 0.15) is 0 Å². The lowest BCUT2D eigenvalue weighted by molar-refractivity contribution is 0.824. The summed E-state index contributed by atoms with van der Waals surface area (Å²) in [6, 6.07) is 8.80. The van der Waals surface area contributed by atoms with E-state index in [2.05, 4.69) is 42.8 Å². The molecule has 1 heteroatoms. The van der Waals surface area contributed by atoms with Gasteiger partial charge >= 0.3 is 0 Å². The van der Waals surface area contributed by atoms with Gasteiger partial charge in [0, 0.05) is 18.0 Å². The first kappa shape index (κ1) is 11.2. The topological polar surface area (TPSA) is 12.9 Å². The Balaban J connectivity index is 2.13. The molecule has 0 atom stereocenters. The fourth-order valence-corrected chi connectivity index (χ4v) is 2.68. The normalized spacial score (nSPS) is 14.4. The standard InChI is InChI=1S/C17H17N/c1-12-4-3-5-14-6-7-15(10-16(12)14)17-11-18-9-8-13(17)2/h6-11H,1,3-5H2,2H3. The van der Waals surface area contributed by atoms with Gasteiger partial charge in [-0.1, -0.05) is 18.7 Å². The van der Waals surface area contributed by atoms with Crippen LogP contribution in [0.4, 0.5) is 0 Å². The minimum absolute atomic E-state index is 1.13. The maximum absolute atomic E-state index is 4.23. The third-order valence-electron chi connectivity index (χ3n) is 3.77. The van der Waals surface area contributed by atoms with Gasteiger partial charge in [-0.25, -0.2) is 0 Å². The molecule has 0 saturated carbocycles. The van der Waals surface area contributed by atoms with E-state index >= 15 is 0 Å². The van der Waals surface area contributed by atoms with Gasteiger partial charge in [0.05, 0.1) is 0 Å². The number of nitrogens with zero attached hydrogens (tertiary/aromatic N) is 1. The minimum Gasteiger partial charge on any atom is -0.264 e. The lowest BCUT2D eigenvalue weighted by atomic mass is 9.86. The molecule has 90 valence electrons. The Morgan fingerprint density at radius 1 is 1.11 bits per heavy atom. The highest BCUT2D eigenvalue weighted by Crippen LogP contribution is 2.33. The average molecular weight is 235 g/mol. The number of benzene rings is 1. The quantitative estimate of drug-likeness (QED) is 0.713. The van der Waals surface area contributed by atoms with Crippen molar-refractivity contribution in [3.63, 3.8) is 0 Å². The van der Waals surface area contributed by atoms with E-state index in [-0.39, 0.29) is 0 Å². The first-order valence-electron chi connectivity index (χ1n) is 6.48. The Morgan fingerprint density at radius 3 is 2.83 bits per heavy atom. The molecule has 0 N–H and O–H groups in total. The van der Waals surface area contributed by atoms with Crippen molar-refractivity contribution in [3.05, 3.63) is 59.9 Å². The van der Waals surface area contributed by atoms with E-state index in [0.717, 1.165) is 6.42 Å². The number of hydrogen-bond acceptors (Lipinski definition) is 1. The number of allylic oxidation sites excluding steroid dienone is 1. The number of aryl methyl sites for hydroxylation is 2. The zero-order valence-electron chi connectivity index (χ0n) is 10.7. The SMILES string of the molecule is C=C1CCCc2ccc(-c3cnccc3C)cc21. The molecule has 0 saturated heterocycles. The van der Waals surface area contributed by atoms with Crippen LogP contribution in [0.3, 0.4) is 0 Å². The molecule has 3 rings (SSSR count). The summed E-state index contributed by atoms with van der Waals surface area (Å²) in [5.41, 5.74) is 7.81. The van der Waals surface area contributed by atoms with E-state index in [9.17, 15) is 0 Å². The van der Waals surface area contributed by atoms with E-state index in [1.807, 2.05) is 12.4 Å². The summed E-state index contributed by atoms with van der Waals surface area (Å²) >= 11 is 0. The summed E-state index contributed by atoms with van der Waals surface area (Å²) in [5, 5.41) is 0. The fourth-order valence-electron chi connectivity index (χ4n) is 2.68. The maximum atomic E-state index is 4.23. The molecule has 18 heavy (non-hydrogen) atoms. The second kappa shape index (κ2) is 4.41. The van der Waals surface area contributed by atoms with Gasteiger partial charge in [0.25, 0.3) is 0 Å². The molecule has 1 aromatic carbocycles. The molecule has 1 nitrogen and oxygen atoms in total. The third kappa shape index (κ3) is 1.86. The maximum Gasteiger partial charge on any atom is 0.0349 e. The van der Waals surface area contributed by atoms with Crippen molar-refractivity contribution < 1.29 is 0 Å². The van der Waals surface area contributed by atoms with Crippen molar-refractivity contribution in [2.75, 3.05) is 0 Å². The van der Waals surface area contributed by atoms with Crippen molar-refractivity contribution in [2.45, 2.75) is 26.2 Å². The van der Waals surface area contributed by atoms with Crippen molar-refractivity contribution in [3.8, 4) is 11.1 Å². The summed E-state index contributed by atoms with van der Waals surface area (Å²) in [7, 11) is 0. The molecule has 0 fully saturated rings. The van der Waals surface area contributed by atoms with Crippen LogP contribution in [0.15, 0.2) is 43.2 Å². The Bertz CT molecular complexity index is 611. The summed E-state index contributed by atoms with van der Waals surface area (Å²) in [4.78, 5) is 4.23. The largest absolute Gasteiger partial charge is 0.264 e. The highest BCUT2D eigenvalue weighted by atomic mass is 14.6. The van der Waals surface area contributed by atoms with Gasteiger partial charge in [-0.3, -0.25) is 4.98 Å². The molecule has 0 aliphatic heterocycles. The van der Waals surface area contributed by atoms with Gasteiger partial charge < -0.3 is 0 Å². The summed E-state index contributed by atoms with van der Waals surface area (Å²) < 4.78 is 0. The number of aromatic nitrogens is 1. The summed E-state index contributed by atoms with van der Waals surface area (Å²) in [6.45, 7) is 6.33. The molecule has 1 aliphatic carbocycles. The van der Waals surface area contributed by atoms with Crippen LogP contribution in [-0.4, -0.2) is 4.98 Å². The van der Waals surface area contributed by atoms with Crippen LogP contribution in [0.2, 0.25) is 0 Å². The molecule has 0 unspecified atom stereocenters. The highest BCUT2D eigenvalue weighted by Gasteiger charge is 2.13. The smallest absolute Gasteiger partial charge is 0.0349 e. The predicted molar refractivity (Wildman–Crippen MR) is 76.4 cm³/mol. The highest BCUT2D eigenvalue weighted by molar-refractivity contribution is 5.75. The van der Waals surface area contributed by atoms with E-state index < -0.39 is 0 Å². The van der Waals surface area contributed by atoms with Crippen LogP contribution < -0.4 is 0 Å². The summed E-state index contributed by atoms with van der Waals surface area (Å²) in [6.07, 6.45) is 7.33. The van der Waals surface area contributed by atoms with Crippen LogP contribution in [-0.2, 0) is 6.42 Å². The van der Waals surface area contributed by atoms with Crippen molar-refractivity contribution in [1.29, 1.82) is 0 Å². The first-order chi connectivity index (χ1) is 8.75. The average Bonchev–Trinajstić information content (AvgIpc) is 2.40. The first-order valence-corrected chi connectivity index (χ1v) is 6.48. The van der Waals surface area contributed by atoms with Crippen LogP contribution in [0.1, 0.15) is 29.5 Å². The zero-order chi connectivity index (χ0) is 12.5. The van der Waals surface area contributed by atoms with Gasteiger partial charge in [-0.2, -0.15) is 0 Å². The molecule has 2 aromatic rings. The van der Waals surface area contributed by atoms with E-state index in [0.29, 0.717) is 0 Å². The van der Waals surface area contributed by atoms with Crippen LogP contribution in [0, 0.1) is 6.92 Å². The monoisotopic (exact) mass is 235 g/mol. The second-order valence-electron chi connectivity index (χ2n) is 5.02. The number of rotatable bonds is 1. The predicted octanol–water partition coefficient (Wildman–Crippen LogP) is 4.41. The molecular weight excluding hydrogens is 218 g/mol.